The van der Waals surface area contributed by atoms with E-state index < -0.39 is 5.97 Å². The summed E-state index contributed by atoms with van der Waals surface area (Å²) in [5.41, 5.74) is 6.60. The number of rotatable bonds is 8. The number of ether oxygens (including phenoxy) is 3. The van der Waals surface area contributed by atoms with Gasteiger partial charge in [-0.3, -0.25) is 0 Å². The molecule has 2 aromatic heterocycles. The third kappa shape index (κ3) is 4.90. The molecule has 3 N–H and O–H groups in total. The zero-order valence-electron chi connectivity index (χ0n) is 15.2. The van der Waals surface area contributed by atoms with E-state index in [1.54, 1.807) is 31.7 Å². The molecular formula is C17H18N6O4S. The second-order valence-corrected chi connectivity index (χ2v) is 6.34. The predicted octanol–water partition coefficient (Wildman–Crippen LogP) is 2.17. The number of aromatic nitrogens is 4. The summed E-state index contributed by atoms with van der Waals surface area (Å²) in [5.74, 6) is 0.431. The van der Waals surface area contributed by atoms with Crippen molar-refractivity contribution in [2.45, 2.75) is 13.2 Å². The van der Waals surface area contributed by atoms with E-state index in [1.807, 2.05) is 12.1 Å². The molecule has 1 aromatic carbocycles. The van der Waals surface area contributed by atoms with Gasteiger partial charge in [0.05, 0.1) is 19.4 Å². The van der Waals surface area contributed by atoms with Crippen molar-refractivity contribution >= 4 is 34.9 Å². The van der Waals surface area contributed by atoms with Gasteiger partial charge in [0, 0.05) is 12.5 Å². The second kappa shape index (κ2) is 9.06. The SMILES string of the molecule is COCc1nc(C(=O)OCc2nc(N)nc(Nc3ccccc3OC)n2)cs1. The van der Waals surface area contributed by atoms with Crippen LogP contribution in [0.3, 0.4) is 0 Å². The Morgan fingerprint density at radius 3 is 2.75 bits per heavy atom. The molecule has 0 amide bonds. The number of methoxy groups -OCH3 is 2. The first-order valence-electron chi connectivity index (χ1n) is 8.10. The Kier molecular flexibility index (Phi) is 6.29. The van der Waals surface area contributed by atoms with Crippen LogP contribution >= 0.6 is 11.3 Å². The van der Waals surface area contributed by atoms with Crippen LogP contribution in [0.15, 0.2) is 29.6 Å². The highest BCUT2D eigenvalue weighted by molar-refractivity contribution is 7.09. The third-order valence-corrected chi connectivity index (χ3v) is 4.24. The number of anilines is 3. The molecule has 28 heavy (non-hydrogen) atoms. The summed E-state index contributed by atoms with van der Waals surface area (Å²) in [4.78, 5) is 28.5. The van der Waals surface area contributed by atoms with Gasteiger partial charge in [-0.1, -0.05) is 12.1 Å². The Balaban J connectivity index is 1.68. The molecule has 0 aliphatic carbocycles. The normalized spacial score (nSPS) is 10.5. The first kappa shape index (κ1) is 19.5. The molecule has 146 valence electrons. The molecule has 0 saturated carbocycles. The standard InChI is InChI=1S/C17H18N6O4S/c1-25-8-14-19-11(9-28-14)15(24)27-7-13-21-16(18)23-17(22-13)20-10-5-3-4-6-12(10)26-2/h3-6,9H,7-8H2,1-2H3,(H3,18,20,21,22,23). The lowest BCUT2D eigenvalue weighted by Gasteiger charge is -2.10. The van der Waals surface area contributed by atoms with Crippen LogP contribution in [0.2, 0.25) is 0 Å². The highest BCUT2D eigenvalue weighted by Gasteiger charge is 2.14. The molecule has 0 saturated heterocycles. The van der Waals surface area contributed by atoms with Crippen molar-refractivity contribution in [2.24, 2.45) is 0 Å². The number of carbonyl (C=O) groups excluding carboxylic acids is 1. The molecule has 3 aromatic rings. The van der Waals surface area contributed by atoms with Gasteiger partial charge in [0.15, 0.2) is 18.1 Å². The summed E-state index contributed by atoms with van der Waals surface area (Å²) in [5, 5.41) is 5.30. The number of carbonyl (C=O) groups is 1. The van der Waals surface area contributed by atoms with Crippen LogP contribution < -0.4 is 15.8 Å². The van der Waals surface area contributed by atoms with Crippen LogP contribution in [-0.2, 0) is 22.7 Å². The Hall–Kier alpha value is -3.31. The van der Waals surface area contributed by atoms with E-state index in [2.05, 4.69) is 25.3 Å². The number of nitrogens with two attached hydrogens (primary N) is 1. The molecule has 0 unspecified atom stereocenters. The zero-order valence-corrected chi connectivity index (χ0v) is 16.0. The molecule has 10 nitrogen and oxygen atoms in total. The van der Waals surface area contributed by atoms with Gasteiger partial charge in [-0.15, -0.1) is 11.3 Å². The largest absolute Gasteiger partial charge is 0.495 e. The molecule has 0 fully saturated rings. The van der Waals surface area contributed by atoms with Crippen molar-refractivity contribution in [3.63, 3.8) is 0 Å². The monoisotopic (exact) mass is 402 g/mol. The van der Waals surface area contributed by atoms with E-state index in [0.29, 0.717) is 23.1 Å². The van der Waals surface area contributed by atoms with Gasteiger partial charge >= 0.3 is 5.97 Å². The number of hydrogen-bond acceptors (Lipinski definition) is 11. The van der Waals surface area contributed by atoms with Gasteiger partial charge in [0.2, 0.25) is 11.9 Å². The van der Waals surface area contributed by atoms with Gasteiger partial charge in [-0.05, 0) is 12.1 Å². The quantitative estimate of drug-likeness (QED) is 0.540. The van der Waals surface area contributed by atoms with Gasteiger partial charge in [-0.25, -0.2) is 9.78 Å². The van der Waals surface area contributed by atoms with E-state index in [9.17, 15) is 4.79 Å². The van der Waals surface area contributed by atoms with Crippen molar-refractivity contribution in [1.29, 1.82) is 0 Å². The van der Waals surface area contributed by atoms with E-state index in [-0.39, 0.29) is 30.0 Å². The maximum Gasteiger partial charge on any atom is 0.358 e. The lowest BCUT2D eigenvalue weighted by atomic mass is 10.3. The van der Waals surface area contributed by atoms with Crippen molar-refractivity contribution in [3.8, 4) is 5.75 Å². The number of thiazole rings is 1. The average Bonchev–Trinajstić information content (AvgIpc) is 3.15. The van der Waals surface area contributed by atoms with Crippen LogP contribution in [0.5, 0.6) is 5.75 Å². The molecule has 0 spiro atoms. The summed E-state index contributed by atoms with van der Waals surface area (Å²) < 4.78 is 15.5. The fraction of sp³-hybridized carbons (Fsp3) is 0.235. The summed E-state index contributed by atoms with van der Waals surface area (Å²) in [6, 6.07) is 7.27. The molecular weight excluding hydrogens is 384 g/mol. The number of nitrogen functional groups attached to an aromatic ring is 1. The fourth-order valence-corrected chi connectivity index (χ4v) is 2.96. The van der Waals surface area contributed by atoms with Crippen molar-refractivity contribution in [1.82, 2.24) is 19.9 Å². The Labute approximate surface area is 164 Å². The molecule has 11 heteroatoms. The maximum atomic E-state index is 12.1. The highest BCUT2D eigenvalue weighted by atomic mass is 32.1. The molecule has 0 bridgehead atoms. The highest BCUT2D eigenvalue weighted by Crippen LogP contribution is 2.25. The van der Waals surface area contributed by atoms with Gasteiger partial charge < -0.3 is 25.3 Å². The number of nitrogens with one attached hydrogen (secondary N) is 1. The summed E-state index contributed by atoms with van der Waals surface area (Å²) >= 11 is 1.31. The minimum atomic E-state index is -0.586. The van der Waals surface area contributed by atoms with E-state index >= 15 is 0 Å². The first-order valence-corrected chi connectivity index (χ1v) is 8.98. The zero-order chi connectivity index (χ0) is 19.9. The maximum absolute atomic E-state index is 12.1. The van der Waals surface area contributed by atoms with Gasteiger partial charge in [-0.2, -0.15) is 15.0 Å². The lowest BCUT2D eigenvalue weighted by molar-refractivity contribution is 0.0455. The van der Waals surface area contributed by atoms with Crippen LogP contribution in [0.25, 0.3) is 0 Å². The fourth-order valence-electron chi connectivity index (χ4n) is 2.23. The number of benzene rings is 1. The number of para-hydroxylation sites is 2. The number of nitrogens with zero attached hydrogens (tertiary/aromatic N) is 4. The predicted molar refractivity (Wildman–Crippen MR) is 102 cm³/mol. The molecule has 0 radical (unpaired) electrons. The van der Waals surface area contributed by atoms with E-state index in [0.717, 1.165) is 0 Å². The van der Waals surface area contributed by atoms with Crippen LogP contribution in [0.4, 0.5) is 17.6 Å². The summed E-state index contributed by atoms with van der Waals surface area (Å²) in [7, 11) is 3.12. The smallest absolute Gasteiger partial charge is 0.358 e. The Bertz CT molecular complexity index is 964. The summed E-state index contributed by atoms with van der Waals surface area (Å²) in [6.07, 6.45) is 0. The minimum absolute atomic E-state index is 0.00511. The van der Waals surface area contributed by atoms with Crippen LogP contribution in [-0.4, -0.2) is 40.1 Å². The Morgan fingerprint density at radius 1 is 1.14 bits per heavy atom. The number of hydrogen-bond donors (Lipinski definition) is 2. The number of esters is 1. The Morgan fingerprint density at radius 2 is 1.96 bits per heavy atom. The topological polar surface area (TPSA) is 134 Å². The molecule has 0 atom stereocenters. The lowest BCUT2D eigenvalue weighted by Crippen LogP contribution is -2.11. The van der Waals surface area contributed by atoms with Gasteiger partial charge in [0.1, 0.15) is 10.8 Å². The molecule has 3 rings (SSSR count). The third-order valence-electron chi connectivity index (χ3n) is 3.41. The van der Waals surface area contributed by atoms with Crippen LogP contribution in [0.1, 0.15) is 21.3 Å². The molecule has 2 heterocycles. The second-order valence-electron chi connectivity index (χ2n) is 5.39. The van der Waals surface area contributed by atoms with Crippen molar-refractivity contribution in [3.05, 3.63) is 46.2 Å². The first-order chi connectivity index (χ1) is 13.6. The minimum Gasteiger partial charge on any atom is -0.495 e. The summed E-state index contributed by atoms with van der Waals surface area (Å²) in [6.45, 7) is 0.156. The van der Waals surface area contributed by atoms with Gasteiger partial charge in [0.25, 0.3) is 0 Å². The van der Waals surface area contributed by atoms with Crippen molar-refractivity contribution in [2.75, 3.05) is 25.3 Å². The van der Waals surface area contributed by atoms with Crippen molar-refractivity contribution < 1.29 is 19.0 Å². The average molecular weight is 402 g/mol. The van der Waals surface area contributed by atoms with E-state index in [4.69, 9.17) is 19.9 Å². The molecule has 0 aliphatic rings. The van der Waals surface area contributed by atoms with E-state index in [1.165, 1.54) is 11.3 Å². The van der Waals surface area contributed by atoms with Crippen LogP contribution in [0, 0.1) is 0 Å². The molecule has 0 aliphatic heterocycles.